The van der Waals surface area contributed by atoms with Crippen LogP contribution in [-0.2, 0) is 4.79 Å². The summed E-state index contributed by atoms with van der Waals surface area (Å²) in [6.45, 7) is 3.34. The van der Waals surface area contributed by atoms with Crippen LogP contribution in [0.15, 0.2) is 0 Å². The molecule has 0 aromatic carbocycles. The van der Waals surface area contributed by atoms with Crippen molar-refractivity contribution >= 4 is 17.5 Å². The normalized spacial score (nSPS) is 26.4. The van der Waals surface area contributed by atoms with Gasteiger partial charge in [0.15, 0.2) is 0 Å². The molecule has 2 N–H and O–H groups in total. The zero-order valence-electron chi connectivity index (χ0n) is 7.29. The molecule has 1 amide bonds. The number of rotatable bonds is 3. The van der Waals surface area contributed by atoms with Crippen molar-refractivity contribution in [2.45, 2.75) is 19.4 Å². The first-order chi connectivity index (χ1) is 5.63. The number of nitrogens with zero attached hydrogens (tertiary/aromatic N) is 1. The number of halogens is 1. The Balaban J connectivity index is 2.41. The number of alkyl halides is 1. The number of nitrogens with two attached hydrogens (primary N) is 1. The molecular weight excluding hydrogens is 176 g/mol. The van der Waals surface area contributed by atoms with Crippen LogP contribution in [0, 0.1) is 5.92 Å². The molecule has 0 aliphatic carbocycles. The molecule has 1 heterocycles. The number of hydrogen-bond acceptors (Lipinski definition) is 2. The first kappa shape index (κ1) is 9.81. The molecule has 2 unspecified atom stereocenters. The van der Waals surface area contributed by atoms with E-state index in [1.54, 1.807) is 4.90 Å². The van der Waals surface area contributed by atoms with Crippen LogP contribution in [0.2, 0.25) is 0 Å². The van der Waals surface area contributed by atoms with Gasteiger partial charge in [0.05, 0.1) is 0 Å². The average molecular weight is 191 g/mol. The third-order valence-corrected chi connectivity index (χ3v) is 2.46. The maximum atomic E-state index is 11.3. The molecule has 4 heteroatoms. The monoisotopic (exact) mass is 190 g/mol. The Morgan fingerprint density at radius 1 is 1.83 bits per heavy atom. The number of hydrogen-bond donors (Lipinski definition) is 1. The standard InChI is InChI=1S/C8H15ClN2O/c1-6(10)4-11-5-7(3-9)2-8(11)12/h6-7H,2-5,10H2,1H3. The van der Waals surface area contributed by atoms with E-state index in [4.69, 9.17) is 17.3 Å². The fourth-order valence-electron chi connectivity index (χ4n) is 1.48. The highest BCUT2D eigenvalue weighted by molar-refractivity contribution is 6.18. The van der Waals surface area contributed by atoms with Crippen LogP contribution >= 0.6 is 11.6 Å². The number of amides is 1. The summed E-state index contributed by atoms with van der Waals surface area (Å²) in [5.74, 6) is 1.09. The molecule has 2 atom stereocenters. The fraction of sp³-hybridized carbons (Fsp3) is 0.875. The number of likely N-dealkylation sites (tertiary alicyclic amines) is 1. The van der Waals surface area contributed by atoms with Crippen molar-refractivity contribution in [1.29, 1.82) is 0 Å². The molecule has 0 bridgehead atoms. The second-order valence-electron chi connectivity index (χ2n) is 3.50. The smallest absolute Gasteiger partial charge is 0.223 e. The second kappa shape index (κ2) is 4.10. The van der Waals surface area contributed by atoms with Gasteiger partial charge in [0.2, 0.25) is 5.91 Å². The summed E-state index contributed by atoms with van der Waals surface area (Å²) in [5.41, 5.74) is 5.59. The molecular formula is C8H15ClN2O. The molecule has 0 saturated carbocycles. The lowest BCUT2D eigenvalue weighted by molar-refractivity contribution is -0.127. The van der Waals surface area contributed by atoms with E-state index >= 15 is 0 Å². The SMILES string of the molecule is CC(N)CN1CC(CCl)CC1=O. The van der Waals surface area contributed by atoms with Gasteiger partial charge in [-0.2, -0.15) is 0 Å². The molecule has 70 valence electrons. The predicted octanol–water partition coefficient (Wildman–Crippen LogP) is 0.421. The number of carbonyl (C=O) groups excluding carboxylic acids is 1. The van der Waals surface area contributed by atoms with Gasteiger partial charge in [-0.15, -0.1) is 11.6 Å². The van der Waals surface area contributed by atoms with E-state index in [0.29, 0.717) is 24.8 Å². The molecule has 1 aliphatic heterocycles. The molecule has 1 aliphatic rings. The Morgan fingerprint density at radius 2 is 2.50 bits per heavy atom. The van der Waals surface area contributed by atoms with Crippen molar-refractivity contribution in [2.24, 2.45) is 11.7 Å². The van der Waals surface area contributed by atoms with Crippen LogP contribution in [0.3, 0.4) is 0 Å². The van der Waals surface area contributed by atoms with Gasteiger partial charge < -0.3 is 10.6 Å². The third-order valence-electron chi connectivity index (χ3n) is 2.02. The van der Waals surface area contributed by atoms with Crippen molar-refractivity contribution < 1.29 is 4.79 Å². The largest absolute Gasteiger partial charge is 0.341 e. The summed E-state index contributed by atoms with van der Waals surface area (Å²) < 4.78 is 0. The summed E-state index contributed by atoms with van der Waals surface area (Å²) in [6, 6.07) is 0.0584. The summed E-state index contributed by atoms with van der Waals surface area (Å²) in [5, 5.41) is 0. The van der Waals surface area contributed by atoms with Gasteiger partial charge >= 0.3 is 0 Å². The predicted molar refractivity (Wildman–Crippen MR) is 49.1 cm³/mol. The lowest BCUT2D eigenvalue weighted by atomic mass is 10.1. The minimum absolute atomic E-state index is 0.0584. The van der Waals surface area contributed by atoms with E-state index in [1.165, 1.54) is 0 Å². The summed E-state index contributed by atoms with van der Waals surface area (Å²) in [7, 11) is 0. The van der Waals surface area contributed by atoms with Gasteiger partial charge in [0.1, 0.15) is 0 Å². The highest BCUT2D eigenvalue weighted by Gasteiger charge is 2.28. The molecule has 0 aromatic heterocycles. The third kappa shape index (κ3) is 2.35. The first-order valence-corrected chi connectivity index (χ1v) is 4.76. The van der Waals surface area contributed by atoms with E-state index in [9.17, 15) is 4.79 Å². The maximum absolute atomic E-state index is 11.3. The van der Waals surface area contributed by atoms with Crippen LogP contribution in [0.1, 0.15) is 13.3 Å². The van der Waals surface area contributed by atoms with Gasteiger partial charge in [0.25, 0.3) is 0 Å². The van der Waals surface area contributed by atoms with Gasteiger partial charge in [0, 0.05) is 31.4 Å². The zero-order valence-corrected chi connectivity index (χ0v) is 8.05. The Morgan fingerprint density at radius 3 is 2.92 bits per heavy atom. The summed E-state index contributed by atoms with van der Waals surface area (Å²) in [4.78, 5) is 13.1. The van der Waals surface area contributed by atoms with Gasteiger partial charge in [-0.3, -0.25) is 4.79 Å². The molecule has 0 aromatic rings. The minimum Gasteiger partial charge on any atom is -0.341 e. The lowest BCUT2D eigenvalue weighted by Gasteiger charge is -2.18. The average Bonchev–Trinajstić information content (AvgIpc) is 2.31. The molecule has 1 fully saturated rings. The van der Waals surface area contributed by atoms with Gasteiger partial charge in [-0.1, -0.05) is 0 Å². The van der Waals surface area contributed by atoms with Crippen LogP contribution < -0.4 is 5.73 Å². The van der Waals surface area contributed by atoms with E-state index in [2.05, 4.69) is 0 Å². The molecule has 0 spiro atoms. The molecule has 3 nitrogen and oxygen atoms in total. The van der Waals surface area contributed by atoms with Crippen LogP contribution in [0.5, 0.6) is 0 Å². The van der Waals surface area contributed by atoms with Crippen molar-refractivity contribution in [1.82, 2.24) is 4.90 Å². The lowest BCUT2D eigenvalue weighted by Crippen LogP contribution is -2.36. The van der Waals surface area contributed by atoms with Gasteiger partial charge in [-0.05, 0) is 12.8 Å². The van der Waals surface area contributed by atoms with Crippen molar-refractivity contribution in [3.05, 3.63) is 0 Å². The quantitative estimate of drug-likeness (QED) is 0.656. The second-order valence-corrected chi connectivity index (χ2v) is 3.81. The van der Waals surface area contributed by atoms with Gasteiger partial charge in [-0.25, -0.2) is 0 Å². The van der Waals surface area contributed by atoms with Crippen molar-refractivity contribution in [2.75, 3.05) is 19.0 Å². The van der Waals surface area contributed by atoms with E-state index < -0.39 is 0 Å². The fourth-order valence-corrected chi connectivity index (χ4v) is 1.69. The first-order valence-electron chi connectivity index (χ1n) is 4.22. The molecule has 12 heavy (non-hydrogen) atoms. The Bertz CT molecular complexity index is 172. The highest BCUT2D eigenvalue weighted by atomic mass is 35.5. The molecule has 0 radical (unpaired) electrons. The summed E-state index contributed by atoms with van der Waals surface area (Å²) >= 11 is 5.66. The Labute approximate surface area is 77.9 Å². The van der Waals surface area contributed by atoms with E-state index in [-0.39, 0.29) is 11.9 Å². The maximum Gasteiger partial charge on any atom is 0.223 e. The number of carbonyl (C=O) groups is 1. The Kier molecular flexibility index (Phi) is 3.35. The summed E-state index contributed by atoms with van der Waals surface area (Å²) in [6.07, 6.45) is 0.593. The topological polar surface area (TPSA) is 46.3 Å². The van der Waals surface area contributed by atoms with E-state index in [1.807, 2.05) is 6.92 Å². The van der Waals surface area contributed by atoms with Crippen molar-refractivity contribution in [3.63, 3.8) is 0 Å². The molecule has 1 saturated heterocycles. The highest BCUT2D eigenvalue weighted by Crippen LogP contribution is 2.18. The van der Waals surface area contributed by atoms with Crippen LogP contribution in [0.4, 0.5) is 0 Å². The zero-order chi connectivity index (χ0) is 9.14. The van der Waals surface area contributed by atoms with Crippen LogP contribution in [-0.4, -0.2) is 35.8 Å². The Hall–Kier alpha value is -0.280. The van der Waals surface area contributed by atoms with Crippen molar-refractivity contribution in [3.8, 4) is 0 Å². The van der Waals surface area contributed by atoms with Crippen LogP contribution in [0.25, 0.3) is 0 Å². The molecule has 1 rings (SSSR count). The van der Waals surface area contributed by atoms with E-state index in [0.717, 1.165) is 6.54 Å². The minimum atomic E-state index is 0.0584.